The fraction of sp³-hybridized carbons (Fsp3) is 0.474. The van der Waals surface area contributed by atoms with Crippen LogP contribution < -0.4 is 9.47 Å². The summed E-state index contributed by atoms with van der Waals surface area (Å²) in [6, 6.07) is 8.42. The molecule has 1 N–H and O–H groups in total. The van der Waals surface area contributed by atoms with E-state index in [1.54, 1.807) is 11.3 Å². The first kappa shape index (κ1) is 16.8. The van der Waals surface area contributed by atoms with E-state index in [1.165, 1.54) is 18.4 Å². The van der Waals surface area contributed by atoms with Gasteiger partial charge in [0, 0.05) is 12.6 Å². The Bertz CT molecular complexity index is 691. The highest BCUT2D eigenvalue weighted by atomic mass is 32.1. The third-order valence-corrected chi connectivity index (χ3v) is 5.45. The second-order valence-corrected chi connectivity index (χ2v) is 7.35. The predicted molar refractivity (Wildman–Crippen MR) is 96.1 cm³/mol. The monoisotopic (exact) mass is 361 g/mol. The molecular weight excluding hydrogens is 338 g/mol. The molecule has 0 saturated carbocycles. The van der Waals surface area contributed by atoms with Gasteiger partial charge in [-0.3, -0.25) is 4.90 Å². The SMILES string of the molecule is O[C@@H](COCc1ccc2c(c1)OCO2)CN1CCC[C@@H]1c1ccsc1. The number of rotatable bonds is 7. The van der Waals surface area contributed by atoms with Crippen LogP contribution in [0.15, 0.2) is 35.0 Å². The smallest absolute Gasteiger partial charge is 0.231 e. The van der Waals surface area contributed by atoms with Crippen LogP contribution in [0.4, 0.5) is 0 Å². The van der Waals surface area contributed by atoms with E-state index < -0.39 is 6.10 Å². The fourth-order valence-corrected chi connectivity index (χ4v) is 4.26. The molecule has 2 aromatic rings. The Labute approximate surface area is 151 Å². The maximum absolute atomic E-state index is 10.3. The standard InChI is InChI=1S/C19H23NO4S/c21-16(9-20-6-1-2-17(20)15-5-7-25-12-15)11-22-10-14-3-4-18-19(8-14)24-13-23-18/h3-5,7-8,12,16-17,21H,1-2,6,9-11,13H2/t16-,17-/m1/s1. The van der Waals surface area contributed by atoms with E-state index >= 15 is 0 Å². The number of benzene rings is 1. The number of β-amino-alcohol motifs (C(OH)–C–C–N with tert-alkyl or cyclic N) is 1. The summed E-state index contributed by atoms with van der Waals surface area (Å²) in [5, 5.41) is 14.7. The summed E-state index contributed by atoms with van der Waals surface area (Å²) >= 11 is 1.73. The number of hydrogen-bond acceptors (Lipinski definition) is 6. The van der Waals surface area contributed by atoms with Gasteiger partial charge in [-0.2, -0.15) is 11.3 Å². The van der Waals surface area contributed by atoms with Gasteiger partial charge in [-0.1, -0.05) is 6.07 Å². The number of fused-ring (bicyclic) bond motifs is 1. The molecule has 0 radical (unpaired) electrons. The highest BCUT2D eigenvalue weighted by molar-refractivity contribution is 7.07. The van der Waals surface area contributed by atoms with Crippen LogP contribution in [-0.4, -0.2) is 42.6 Å². The van der Waals surface area contributed by atoms with Crippen molar-refractivity contribution in [3.63, 3.8) is 0 Å². The van der Waals surface area contributed by atoms with Crippen molar-refractivity contribution in [1.82, 2.24) is 4.90 Å². The number of nitrogens with zero attached hydrogens (tertiary/aromatic N) is 1. The average Bonchev–Trinajstić information content (AvgIpc) is 3.35. The van der Waals surface area contributed by atoms with Crippen molar-refractivity contribution >= 4 is 11.3 Å². The molecular formula is C19H23NO4S. The molecule has 0 spiro atoms. The van der Waals surface area contributed by atoms with Crippen molar-refractivity contribution < 1.29 is 19.3 Å². The Hall–Kier alpha value is -1.60. The number of likely N-dealkylation sites (tertiary alicyclic amines) is 1. The molecule has 6 heteroatoms. The molecule has 0 amide bonds. The van der Waals surface area contributed by atoms with E-state index in [0.29, 0.717) is 25.8 Å². The molecule has 1 aromatic heterocycles. The molecule has 134 valence electrons. The maximum Gasteiger partial charge on any atom is 0.231 e. The normalized spacial score (nSPS) is 20.9. The van der Waals surface area contributed by atoms with E-state index in [4.69, 9.17) is 14.2 Å². The molecule has 1 aromatic carbocycles. The minimum atomic E-state index is -0.478. The second-order valence-electron chi connectivity index (χ2n) is 6.57. The zero-order chi connectivity index (χ0) is 17.1. The Morgan fingerprint density at radius 3 is 3.08 bits per heavy atom. The first-order chi connectivity index (χ1) is 12.3. The molecule has 1 saturated heterocycles. The molecule has 3 heterocycles. The second kappa shape index (κ2) is 7.74. The Kier molecular flexibility index (Phi) is 5.22. The van der Waals surface area contributed by atoms with E-state index in [9.17, 15) is 5.11 Å². The van der Waals surface area contributed by atoms with Gasteiger partial charge in [-0.25, -0.2) is 0 Å². The molecule has 1 fully saturated rings. The van der Waals surface area contributed by atoms with Crippen LogP contribution in [0.25, 0.3) is 0 Å². The van der Waals surface area contributed by atoms with Crippen molar-refractivity contribution in [1.29, 1.82) is 0 Å². The van der Waals surface area contributed by atoms with Crippen LogP contribution in [0.1, 0.15) is 30.0 Å². The third-order valence-electron chi connectivity index (χ3n) is 4.75. The fourth-order valence-electron chi connectivity index (χ4n) is 3.55. The summed E-state index contributed by atoms with van der Waals surface area (Å²) in [7, 11) is 0. The number of thiophene rings is 1. The van der Waals surface area contributed by atoms with Gasteiger partial charge in [-0.05, 0) is 59.5 Å². The van der Waals surface area contributed by atoms with Gasteiger partial charge in [0.25, 0.3) is 0 Å². The van der Waals surface area contributed by atoms with Crippen molar-refractivity contribution in [2.24, 2.45) is 0 Å². The molecule has 0 bridgehead atoms. The van der Waals surface area contributed by atoms with Crippen LogP contribution in [0.2, 0.25) is 0 Å². The molecule has 0 unspecified atom stereocenters. The summed E-state index contributed by atoms with van der Waals surface area (Å²) in [5.74, 6) is 1.54. The van der Waals surface area contributed by atoms with Gasteiger partial charge in [-0.15, -0.1) is 0 Å². The van der Waals surface area contributed by atoms with E-state index in [-0.39, 0.29) is 6.79 Å². The van der Waals surface area contributed by atoms with E-state index in [2.05, 4.69) is 21.7 Å². The van der Waals surface area contributed by atoms with E-state index in [1.807, 2.05) is 18.2 Å². The number of hydrogen-bond donors (Lipinski definition) is 1. The summed E-state index contributed by atoms with van der Waals surface area (Å²) in [4.78, 5) is 2.37. The summed E-state index contributed by atoms with van der Waals surface area (Å²) in [6.07, 6.45) is 1.88. The van der Waals surface area contributed by atoms with Gasteiger partial charge in [0.1, 0.15) is 0 Å². The zero-order valence-corrected chi connectivity index (χ0v) is 14.9. The number of aliphatic hydroxyl groups excluding tert-OH is 1. The lowest BCUT2D eigenvalue weighted by molar-refractivity contribution is 0.00771. The first-order valence-electron chi connectivity index (χ1n) is 8.70. The Morgan fingerprint density at radius 2 is 2.20 bits per heavy atom. The summed E-state index contributed by atoms with van der Waals surface area (Å²) in [5.41, 5.74) is 2.39. The van der Waals surface area contributed by atoms with Crippen molar-refractivity contribution in [3.8, 4) is 11.5 Å². The van der Waals surface area contributed by atoms with Crippen LogP contribution in [0.3, 0.4) is 0 Å². The summed E-state index contributed by atoms with van der Waals surface area (Å²) < 4.78 is 16.4. The van der Waals surface area contributed by atoms with Gasteiger partial charge in [0.15, 0.2) is 11.5 Å². The zero-order valence-electron chi connectivity index (χ0n) is 14.1. The van der Waals surface area contributed by atoms with Gasteiger partial charge >= 0.3 is 0 Å². The number of aliphatic hydroxyl groups is 1. The highest BCUT2D eigenvalue weighted by Gasteiger charge is 2.27. The summed E-state index contributed by atoms with van der Waals surface area (Å²) in [6.45, 7) is 2.77. The first-order valence-corrected chi connectivity index (χ1v) is 9.64. The Morgan fingerprint density at radius 1 is 1.28 bits per heavy atom. The molecule has 0 aliphatic carbocycles. The Balaban J connectivity index is 1.24. The maximum atomic E-state index is 10.3. The van der Waals surface area contributed by atoms with Crippen molar-refractivity contribution in [3.05, 3.63) is 46.2 Å². The van der Waals surface area contributed by atoms with Crippen LogP contribution in [-0.2, 0) is 11.3 Å². The van der Waals surface area contributed by atoms with Crippen LogP contribution in [0, 0.1) is 0 Å². The van der Waals surface area contributed by atoms with Gasteiger partial charge < -0.3 is 19.3 Å². The van der Waals surface area contributed by atoms with Crippen LogP contribution in [0.5, 0.6) is 11.5 Å². The minimum Gasteiger partial charge on any atom is -0.454 e. The van der Waals surface area contributed by atoms with E-state index in [0.717, 1.165) is 23.6 Å². The average molecular weight is 361 g/mol. The third kappa shape index (κ3) is 3.98. The van der Waals surface area contributed by atoms with Gasteiger partial charge in [0.05, 0.1) is 19.3 Å². The molecule has 4 rings (SSSR count). The lowest BCUT2D eigenvalue weighted by Crippen LogP contribution is -2.34. The quantitative estimate of drug-likeness (QED) is 0.821. The molecule has 2 aliphatic heterocycles. The van der Waals surface area contributed by atoms with Crippen molar-refractivity contribution in [2.75, 3.05) is 26.5 Å². The molecule has 2 aliphatic rings. The number of ether oxygens (including phenoxy) is 3. The highest BCUT2D eigenvalue weighted by Crippen LogP contribution is 2.33. The minimum absolute atomic E-state index is 0.277. The van der Waals surface area contributed by atoms with Crippen molar-refractivity contribution in [2.45, 2.75) is 31.6 Å². The van der Waals surface area contributed by atoms with Gasteiger partial charge in [0.2, 0.25) is 6.79 Å². The molecule has 5 nitrogen and oxygen atoms in total. The topological polar surface area (TPSA) is 51.2 Å². The molecule has 2 atom stereocenters. The largest absolute Gasteiger partial charge is 0.454 e. The lowest BCUT2D eigenvalue weighted by atomic mass is 10.1. The lowest BCUT2D eigenvalue weighted by Gasteiger charge is -2.26. The predicted octanol–water partition coefficient (Wildman–Crippen LogP) is 3.19. The van der Waals surface area contributed by atoms with Crippen LogP contribution >= 0.6 is 11.3 Å². The molecule has 25 heavy (non-hydrogen) atoms.